The van der Waals surface area contributed by atoms with Crippen LogP contribution in [0.15, 0.2) is 29.8 Å². The molecule has 17 heavy (non-hydrogen) atoms. The monoisotopic (exact) mass is 247 g/mol. The first kappa shape index (κ1) is 11.7. The van der Waals surface area contributed by atoms with Crippen LogP contribution < -0.4 is 5.32 Å². The summed E-state index contributed by atoms with van der Waals surface area (Å²) in [6.45, 7) is 2.32. The van der Waals surface area contributed by atoms with Crippen LogP contribution >= 0.6 is 11.3 Å². The summed E-state index contributed by atoms with van der Waals surface area (Å²) >= 11 is 1.53. The molecule has 0 unspecified atom stereocenters. The second-order valence-electron chi connectivity index (χ2n) is 3.47. The van der Waals surface area contributed by atoms with Gasteiger partial charge in [0.05, 0.1) is 17.9 Å². The normalized spacial score (nSPS) is 10.2. The third-order valence-electron chi connectivity index (χ3n) is 2.24. The fourth-order valence-electron chi connectivity index (χ4n) is 1.32. The lowest BCUT2D eigenvalue weighted by Gasteiger charge is -1.99. The van der Waals surface area contributed by atoms with Gasteiger partial charge in [-0.15, -0.1) is 11.3 Å². The molecule has 2 aromatic rings. The third kappa shape index (κ3) is 3.10. The van der Waals surface area contributed by atoms with Crippen LogP contribution in [0.1, 0.15) is 18.4 Å². The number of hydrogen-bond acceptors (Lipinski definition) is 4. The lowest BCUT2D eigenvalue weighted by Crippen LogP contribution is -2.21. The number of nitrogens with one attached hydrogen (secondary N) is 1. The second-order valence-corrected chi connectivity index (χ2v) is 4.41. The number of nitrogens with zero attached hydrogens (tertiary/aromatic N) is 2. The number of amides is 1. The van der Waals surface area contributed by atoms with Gasteiger partial charge in [0.25, 0.3) is 0 Å². The summed E-state index contributed by atoms with van der Waals surface area (Å²) in [6.07, 6.45) is 2.24. The molecule has 0 radical (unpaired) electrons. The van der Waals surface area contributed by atoms with E-state index >= 15 is 0 Å². The largest absolute Gasteiger partial charge is 0.350 e. The first-order chi connectivity index (χ1) is 8.29. The molecule has 0 aliphatic rings. The minimum absolute atomic E-state index is 0.0413. The van der Waals surface area contributed by atoms with Crippen molar-refractivity contribution >= 4 is 17.2 Å². The Hall–Kier alpha value is -1.75. The van der Waals surface area contributed by atoms with E-state index in [0.717, 1.165) is 16.4 Å². The summed E-state index contributed by atoms with van der Waals surface area (Å²) in [7, 11) is 0. The van der Waals surface area contributed by atoms with E-state index in [-0.39, 0.29) is 5.91 Å². The van der Waals surface area contributed by atoms with Crippen molar-refractivity contribution in [2.75, 3.05) is 0 Å². The van der Waals surface area contributed by atoms with Crippen LogP contribution in [0.4, 0.5) is 0 Å². The summed E-state index contributed by atoms with van der Waals surface area (Å²) in [4.78, 5) is 19.8. The van der Waals surface area contributed by atoms with Crippen LogP contribution in [-0.2, 0) is 11.3 Å². The van der Waals surface area contributed by atoms with Gasteiger partial charge in [0.1, 0.15) is 5.01 Å². The van der Waals surface area contributed by atoms with Gasteiger partial charge in [-0.3, -0.25) is 9.78 Å². The van der Waals surface area contributed by atoms with Crippen molar-refractivity contribution in [3.8, 4) is 11.4 Å². The number of carbonyl (C=O) groups excluding carboxylic acids is 1. The Bertz CT molecular complexity index is 495. The number of thiazole rings is 1. The maximum atomic E-state index is 11.1. The van der Waals surface area contributed by atoms with Crippen molar-refractivity contribution in [3.05, 3.63) is 34.8 Å². The number of carbonyl (C=O) groups is 1. The van der Waals surface area contributed by atoms with E-state index in [4.69, 9.17) is 0 Å². The Morgan fingerprint density at radius 3 is 3.00 bits per heavy atom. The van der Waals surface area contributed by atoms with Crippen molar-refractivity contribution in [1.29, 1.82) is 0 Å². The first-order valence-electron chi connectivity index (χ1n) is 5.42. The average molecular weight is 247 g/mol. The van der Waals surface area contributed by atoms with Crippen molar-refractivity contribution in [2.24, 2.45) is 0 Å². The molecule has 2 rings (SSSR count). The highest BCUT2D eigenvalue weighted by molar-refractivity contribution is 7.09. The van der Waals surface area contributed by atoms with Crippen LogP contribution in [0, 0.1) is 0 Å². The van der Waals surface area contributed by atoms with Gasteiger partial charge in [-0.25, -0.2) is 4.98 Å². The molecular weight excluding hydrogens is 234 g/mol. The van der Waals surface area contributed by atoms with E-state index in [9.17, 15) is 4.79 Å². The van der Waals surface area contributed by atoms with Gasteiger partial charge in [0.2, 0.25) is 5.91 Å². The van der Waals surface area contributed by atoms with E-state index in [1.807, 2.05) is 30.5 Å². The highest BCUT2D eigenvalue weighted by atomic mass is 32.1. The van der Waals surface area contributed by atoms with E-state index in [0.29, 0.717) is 13.0 Å². The summed E-state index contributed by atoms with van der Waals surface area (Å²) < 4.78 is 0. The number of hydrogen-bond donors (Lipinski definition) is 1. The fourth-order valence-corrected chi connectivity index (χ4v) is 2.05. The molecule has 0 fully saturated rings. The van der Waals surface area contributed by atoms with Crippen molar-refractivity contribution < 1.29 is 4.79 Å². The van der Waals surface area contributed by atoms with Crippen LogP contribution in [0.2, 0.25) is 0 Å². The molecule has 4 nitrogen and oxygen atoms in total. The Balaban J connectivity index is 2.04. The lowest BCUT2D eigenvalue weighted by atomic mass is 10.3. The molecule has 0 spiro atoms. The molecule has 0 aliphatic heterocycles. The van der Waals surface area contributed by atoms with Gasteiger partial charge in [0, 0.05) is 18.0 Å². The maximum absolute atomic E-state index is 11.1. The molecule has 0 atom stereocenters. The number of aromatic nitrogens is 2. The van der Waals surface area contributed by atoms with Crippen molar-refractivity contribution in [2.45, 2.75) is 19.9 Å². The van der Waals surface area contributed by atoms with E-state index in [1.54, 1.807) is 6.20 Å². The molecule has 0 bridgehead atoms. The van der Waals surface area contributed by atoms with Crippen LogP contribution in [0.3, 0.4) is 0 Å². The van der Waals surface area contributed by atoms with Crippen LogP contribution in [0.25, 0.3) is 11.4 Å². The topological polar surface area (TPSA) is 54.9 Å². The SMILES string of the molecule is CCC(=O)NCc1nc(-c2ccccn2)cs1. The molecule has 0 aromatic carbocycles. The first-order valence-corrected chi connectivity index (χ1v) is 6.30. The molecule has 0 saturated carbocycles. The van der Waals surface area contributed by atoms with Gasteiger partial charge < -0.3 is 5.32 Å². The highest BCUT2D eigenvalue weighted by Crippen LogP contribution is 2.19. The highest BCUT2D eigenvalue weighted by Gasteiger charge is 2.05. The van der Waals surface area contributed by atoms with E-state index < -0.39 is 0 Å². The van der Waals surface area contributed by atoms with Gasteiger partial charge >= 0.3 is 0 Å². The summed E-state index contributed by atoms with van der Waals surface area (Å²) in [5.74, 6) is 0.0413. The second kappa shape index (κ2) is 5.54. The smallest absolute Gasteiger partial charge is 0.220 e. The molecule has 2 heterocycles. The van der Waals surface area contributed by atoms with E-state index in [1.165, 1.54) is 11.3 Å². The van der Waals surface area contributed by atoms with Gasteiger partial charge in [-0.1, -0.05) is 13.0 Å². The molecule has 1 N–H and O–H groups in total. The summed E-state index contributed by atoms with van der Waals surface area (Å²) in [6, 6.07) is 5.72. The summed E-state index contributed by atoms with van der Waals surface area (Å²) in [5, 5.41) is 5.65. The molecule has 0 saturated heterocycles. The maximum Gasteiger partial charge on any atom is 0.220 e. The van der Waals surface area contributed by atoms with Gasteiger partial charge in [-0.05, 0) is 12.1 Å². The zero-order valence-electron chi connectivity index (χ0n) is 9.51. The average Bonchev–Trinajstić information content (AvgIpc) is 2.86. The molecule has 88 valence electrons. The molecule has 1 amide bonds. The van der Waals surface area contributed by atoms with Crippen LogP contribution in [0.5, 0.6) is 0 Å². The van der Waals surface area contributed by atoms with Gasteiger partial charge in [0.15, 0.2) is 0 Å². The van der Waals surface area contributed by atoms with Crippen molar-refractivity contribution in [3.63, 3.8) is 0 Å². The third-order valence-corrected chi connectivity index (χ3v) is 3.09. The lowest BCUT2D eigenvalue weighted by molar-refractivity contribution is -0.120. The number of rotatable bonds is 4. The zero-order valence-corrected chi connectivity index (χ0v) is 10.3. The van der Waals surface area contributed by atoms with Gasteiger partial charge in [-0.2, -0.15) is 0 Å². The summed E-state index contributed by atoms with van der Waals surface area (Å²) in [5.41, 5.74) is 1.72. The fraction of sp³-hybridized carbons (Fsp3) is 0.250. The van der Waals surface area contributed by atoms with E-state index in [2.05, 4.69) is 15.3 Å². The zero-order chi connectivity index (χ0) is 12.1. The molecule has 0 aliphatic carbocycles. The van der Waals surface area contributed by atoms with Crippen molar-refractivity contribution in [1.82, 2.24) is 15.3 Å². The Morgan fingerprint density at radius 2 is 2.29 bits per heavy atom. The predicted molar refractivity (Wildman–Crippen MR) is 67.5 cm³/mol. The predicted octanol–water partition coefficient (Wildman–Crippen LogP) is 2.23. The Morgan fingerprint density at radius 1 is 1.41 bits per heavy atom. The Kier molecular flexibility index (Phi) is 3.82. The molecule has 5 heteroatoms. The minimum atomic E-state index is 0.0413. The Labute approximate surface area is 104 Å². The number of pyridine rings is 1. The molecule has 2 aromatic heterocycles. The molecular formula is C12H13N3OS. The minimum Gasteiger partial charge on any atom is -0.350 e. The quantitative estimate of drug-likeness (QED) is 0.901. The van der Waals surface area contributed by atoms with Crippen LogP contribution in [-0.4, -0.2) is 15.9 Å². The standard InChI is InChI=1S/C12H13N3OS/c1-2-11(16)14-7-12-15-10(8-17-12)9-5-3-4-6-13-9/h3-6,8H,2,7H2,1H3,(H,14,16).